The first-order chi connectivity index (χ1) is 47.4. The quantitative estimate of drug-likeness (QED) is 0.224. The van der Waals surface area contributed by atoms with E-state index in [-0.39, 0.29) is 0 Å². The predicted molar refractivity (Wildman–Crippen MR) is 464 cm³/mol. The predicted octanol–water partition coefficient (Wildman–Crippen LogP) is 23.9. The van der Waals surface area contributed by atoms with Gasteiger partial charge in [-0.1, -0.05) is 88.5 Å². The summed E-state index contributed by atoms with van der Waals surface area (Å²) in [4.78, 5) is 23.7. The van der Waals surface area contributed by atoms with Crippen LogP contribution in [0, 0.1) is 52.3 Å². The zero-order chi connectivity index (χ0) is 79.1. The van der Waals surface area contributed by atoms with Crippen molar-refractivity contribution in [3.63, 3.8) is 0 Å². The summed E-state index contributed by atoms with van der Waals surface area (Å²) in [5.74, 6) is 6.32. The molecule has 0 aromatic heterocycles. The molecule has 0 aromatic rings. The van der Waals surface area contributed by atoms with Crippen LogP contribution in [-0.4, -0.2) is 210 Å². The normalized spacial score (nSPS) is 34.0. The lowest BCUT2D eigenvalue weighted by Crippen LogP contribution is -2.61. The van der Waals surface area contributed by atoms with Gasteiger partial charge in [-0.2, -0.15) is 0 Å². The molecule has 0 amide bonds. The number of hydrogen-bond donors (Lipinski definition) is 0. The van der Waals surface area contributed by atoms with E-state index >= 15 is 0 Å². The standard InChI is InChI=1S/4C12H25N.2C10H21N.C9H17N.C9H19N.C8H17N/c1-10(2)13-8-11(3,4)7-12(5,6)9-13;1-10(2)13-11(3,4)8-7-9-12(13,5)6;2*1-8(2)13-11(5)9(3)7-10(4)12(13)6;1-8(2)11-6-9(3)5-10(4)7-11;1-8(2)11-9(3)6-5-7-10(11)4;1-7(2)10-5-3-4-8-6-9(8)10;1-8(2)10-7-5-4-6-9(10)3;1-8(2)9-6-4-3-5-7-9/h2*10H,7-9H2,1-6H3;2*8-12H,7H2,1-6H3;2*8-10H,5-7H2,1-4H3;7-9H,3-6H2,1-2H3;8-9H,4-7H2,1-3H3;8H,3-7H2,1-2H3. The molecule has 1 aliphatic carbocycles. The van der Waals surface area contributed by atoms with Gasteiger partial charge in [-0.05, 0) is 382 Å². The van der Waals surface area contributed by atoms with Gasteiger partial charge in [0.15, 0.2) is 0 Å². The summed E-state index contributed by atoms with van der Waals surface area (Å²) in [6.07, 6.45) is 26.8. The van der Waals surface area contributed by atoms with Crippen LogP contribution in [-0.2, 0) is 0 Å². The summed E-state index contributed by atoms with van der Waals surface area (Å²) in [6, 6.07) is 12.9. The largest absolute Gasteiger partial charge is 0.301 e. The maximum absolute atomic E-state index is 2.68. The van der Waals surface area contributed by atoms with Crippen LogP contribution in [0.3, 0.4) is 0 Å². The van der Waals surface area contributed by atoms with Crippen LogP contribution >= 0.6 is 0 Å². The Morgan fingerprint density at radius 1 is 0.291 bits per heavy atom. The molecule has 15 atom stereocenters. The van der Waals surface area contributed by atoms with Gasteiger partial charge in [-0.3, -0.25) is 34.3 Å². The summed E-state index contributed by atoms with van der Waals surface area (Å²) in [5, 5.41) is 0. The van der Waals surface area contributed by atoms with E-state index < -0.39 is 0 Å². The van der Waals surface area contributed by atoms with Gasteiger partial charge in [0.25, 0.3) is 0 Å². The highest BCUT2D eigenvalue weighted by Gasteiger charge is 2.46. The van der Waals surface area contributed by atoms with E-state index in [1.165, 1.54) is 174 Å². The van der Waals surface area contributed by atoms with Crippen molar-refractivity contribution in [1.29, 1.82) is 0 Å². The highest BCUT2D eigenvalue weighted by atomic mass is 15.3. The van der Waals surface area contributed by atoms with E-state index in [2.05, 4.69) is 314 Å². The van der Waals surface area contributed by atoms with Crippen molar-refractivity contribution in [3.05, 3.63) is 0 Å². The minimum atomic E-state index is 0.385. The van der Waals surface area contributed by atoms with Crippen molar-refractivity contribution in [2.75, 3.05) is 52.4 Å². The fraction of sp³-hybridized carbons (Fsp3) is 1.00. The SMILES string of the molecule is CC(C)N1C(C)(C)CCCC1(C)C.CC(C)N1C(C)CCCC1C.CC(C)N1CC(C)(C)CC(C)(C)C1.CC(C)N1CCCC2CC21.CC(C)N1CCCCC1.CC(C)N1CCCCC1C.CC1CC(C)C(C)N(C(C)C)C1C.CC1CC(C)C(C)N(C(C)C)C1C.CC1CC(C)CN(C(C)C)C1. The van der Waals surface area contributed by atoms with E-state index in [4.69, 9.17) is 0 Å². The van der Waals surface area contributed by atoms with Gasteiger partial charge in [0.05, 0.1) is 0 Å². The van der Waals surface area contributed by atoms with Crippen LogP contribution in [0.15, 0.2) is 0 Å². The maximum atomic E-state index is 2.68. The molecule has 0 spiro atoms. The third-order valence-electron chi connectivity index (χ3n) is 27.3. The third kappa shape index (κ3) is 33.9. The number of rotatable bonds is 9. The van der Waals surface area contributed by atoms with Crippen molar-refractivity contribution in [1.82, 2.24) is 44.1 Å². The number of piperidine rings is 9. The van der Waals surface area contributed by atoms with Crippen LogP contribution in [0.4, 0.5) is 0 Å². The Morgan fingerprint density at radius 2 is 0.660 bits per heavy atom. The molecule has 9 saturated heterocycles. The molecule has 9 nitrogen and oxygen atoms in total. The zero-order valence-electron chi connectivity index (χ0n) is 78.0. The smallest absolute Gasteiger partial charge is 0.0161 e. The van der Waals surface area contributed by atoms with Gasteiger partial charge in [-0.25, -0.2) is 0 Å². The van der Waals surface area contributed by atoms with E-state index in [1.807, 2.05) is 0 Å². The van der Waals surface area contributed by atoms with Crippen molar-refractivity contribution in [2.45, 2.75) is 506 Å². The Morgan fingerprint density at radius 3 is 0.961 bits per heavy atom. The molecule has 10 aliphatic rings. The van der Waals surface area contributed by atoms with Gasteiger partial charge >= 0.3 is 0 Å². The molecule has 9 aliphatic heterocycles. The Bertz CT molecular complexity index is 2040. The molecule has 0 bridgehead atoms. The molecular weight excluding hydrogens is 1260 g/mol. The average molecular weight is 1450 g/mol. The zero-order valence-corrected chi connectivity index (χ0v) is 78.0. The molecule has 103 heavy (non-hydrogen) atoms. The summed E-state index contributed by atoms with van der Waals surface area (Å²) in [6.45, 7) is 102. The first kappa shape index (κ1) is 98.7. The highest BCUT2D eigenvalue weighted by Crippen LogP contribution is 2.45. The first-order valence-electron chi connectivity index (χ1n) is 45.3. The Balaban J connectivity index is 0.000000395. The van der Waals surface area contributed by atoms with Crippen LogP contribution in [0.5, 0.6) is 0 Å². The molecule has 0 aromatic carbocycles. The molecule has 10 rings (SSSR count). The number of likely N-dealkylation sites (tertiary alicyclic amines) is 9. The molecule has 1 saturated carbocycles. The van der Waals surface area contributed by atoms with E-state index in [0.717, 1.165) is 120 Å². The second-order valence-electron chi connectivity index (χ2n) is 42.4. The topological polar surface area (TPSA) is 29.2 Å². The fourth-order valence-electron chi connectivity index (χ4n) is 22.3. The lowest BCUT2D eigenvalue weighted by Gasteiger charge is -2.55. The van der Waals surface area contributed by atoms with Crippen molar-refractivity contribution < 1.29 is 0 Å². The number of nitrogens with zero attached hydrogens (tertiary/aromatic N) is 9. The van der Waals surface area contributed by atoms with Gasteiger partial charge in [0, 0.05) is 140 Å². The molecule has 9 heterocycles. The second kappa shape index (κ2) is 46.0. The van der Waals surface area contributed by atoms with Crippen LogP contribution in [0.1, 0.15) is 392 Å². The summed E-state index contributed by atoms with van der Waals surface area (Å²) < 4.78 is 0. The highest BCUT2D eigenvalue weighted by molar-refractivity contribution is 5.00. The molecule has 616 valence electrons. The minimum absolute atomic E-state index is 0.385. The molecular formula is C94H195N9. The molecule has 0 radical (unpaired) electrons. The van der Waals surface area contributed by atoms with Gasteiger partial charge in [0.2, 0.25) is 0 Å². The Labute approximate surface area is 651 Å². The Kier molecular flexibility index (Phi) is 44.1. The summed E-state index contributed by atoms with van der Waals surface area (Å²) >= 11 is 0. The maximum Gasteiger partial charge on any atom is 0.0161 e. The summed E-state index contributed by atoms with van der Waals surface area (Å²) in [7, 11) is 0. The first-order valence-corrected chi connectivity index (χ1v) is 45.3. The van der Waals surface area contributed by atoms with Gasteiger partial charge < -0.3 is 9.80 Å². The van der Waals surface area contributed by atoms with Crippen molar-refractivity contribution in [3.8, 4) is 0 Å². The van der Waals surface area contributed by atoms with Crippen molar-refractivity contribution in [2.24, 2.45) is 52.3 Å². The van der Waals surface area contributed by atoms with Gasteiger partial charge in [0.1, 0.15) is 0 Å². The van der Waals surface area contributed by atoms with E-state index in [9.17, 15) is 0 Å². The lowest BCUT2D eigenvalue weighted by molar-refractivity contribution is -0.0508. The van der Waals surface area contributed by atoms with Crippen LogP contribution < -0.4 is 0 Å². The minimum Gasteiger partial charge on any atom is -0.301 e. The molecule has 9 heteroatoms. The van der Waals surface area contributed by atoms with Gasteiger partial charge in [-0.15, -0.1) is 0 Å². The number of hydrogen-bond acceptors (Lipinski definition) is 9. The molecule has 15 unspecified atom stereocenters. The van der Waals surface area contributed by atoms with Crippen molar-refractivity contribution >= 4 is 0 Å². The van der Waals surface area contributed by atoms with E-state index in [0.29, 0.717) is 46.1 Å². The molecule has 0 N–H and O–H groups in total. The number of fused-ring (bicyclic) bond motifs is 1. The second-order valence-corrected chi connectivity index (χ2v) is 42.4. The summed E-state index contributed by atoms with van der Waals surface area (Å²) in [5.41, 5.74) is 1.75. The fourth-order valence-corrected chi connectivity index (χ4v) is 22.3. The average Bonchev–Trinajstić information content (AvgIpc) is 1.68. The van der Waals surface area contributed by atoms with E-state index in [1.54, 1.807) is 0 Å². The lowest BCUT2D eigenvalue weighted by atomic mass is 9.71. The van der Waals surface area contributed by atoms with Crippen LogP contribution in [0.25, 0.3) is 0 Å². The Hall–Kier alpha value is -0.360. The monoisotopic (exact) mass is 1450 g/mol. The van der Waals surface area contributed by atoms with Crippen LogP contribution in [0.2, 0.25) is 0 Å². The third-order valence-corrected chi connectivity index (χ3v) is 27.3. The molecule has 10 fully saturated rings.